The van der Waals surface area contributed by atoms with E-state index in [0.717, 1.165) is 0 Å². The number of carbonyl (C=O) groups is 2. The Morgan fingerprint density at radius 3 is 2.65 bits per heavy atom. The summed E-state index contributed by atoms with van der Waals surface area (Å²) in [7, 11) is 0. The first-order valence-corrected chi connectivity index (χ1v) is 5.85. The lowest BCUT2D eigenvalue weighted by atomic mass is 10.1. The SMILES string of the molecule is CC(C)(CC(=O)OCc1ccccc1[N+](=O)[O-])OC=O. The Morgan fingerprint density at radius 2 is 2.05 bits per heavy atom. The molecule has 0 radical (unpaired) electrons. The molecule has 0 unspecified atom stereocenters. The van der Waals surface area contributed by atoms with Crippen LogP contribution < -0.4 is 0 Å². The summed E-state index contributed by atoms with van der Waals surface area (Å²) in [6.45, 7) is 3.18. The van der Waals surface area contributed by atoms with Crippen LogP contribution in [0.4, 0.5) is 5.69 Å². The van der Waals surface area contributed by atoms with E-state index in [1.807, 2.05) is 0 Å². The first-order chi connectivity index (χ1) is 9.35. The van der Waals surface area contributed by atoms with Gasteiger partial charge in [0.25, 0.3) is 12.2 Å². The Hall–Kier alpha value is -2.44. The Balaban J connectivity index is 2.62. The van der Waals surface area contributed by atoms with Gasteiger partial charge >= 0.3 is 5.97 Å². The van der Waals surface area contributed by atoms with Gasteiger partial charge in [0.2, 0.25) is 0 Å². The zero-order chi connectivity index (χ0) is 15.2. The van der Waals surface area contributed by atoms with Gasteiger partial charge in [0, 0.05) is 6.07 Å². The Labute approximate surface area is 115 Å². The third-order valence-electron chi connectivity index (χ3n) is 2.51. The average molecular weight is 281 g/mol. The molecule has 0 aliphatic carbocycles. The molecule has 1 aromatic carbocycles. The fourth-order valence-corrected chi connectivity index (χ4v) is 1.54. The maximum Gasteiger partial charge on any atom is 0.310 e. The van der Waals surface area contributed by atoms with Crippen molar-refractivity contribution in [3.05, 3.63) is 39.9 Å². The molecule has 0 saturated heterocycles. The minimum absolute atomic E-state index is 0.108. The number of nitro groups is 1. The van der Waals surface area contributed by atoms with Gasteiger partial charge in [0.15, 0.2) is 0 Å². The summed E-state index contributed by atoms with van der Waals surface area (Å²) in [5, 5.41) is 10.8. The maximum absolute atomic E-state index is 11.6. The standard InChI is InChI=1S/C13H15NO6/c1-13(2,20-9-15)7-12(16)19-8-10-5-3-4-6-11(10)14(17)18/h3-6,9H,7-8H2,1-2H3. The molecule has 0 bridgehead atoms. The van der Waals surface area contributed by atoms with Crippen LogP contribution >= 0.6 is 0 Å². The summed E-state index contributed by atoms with van der Waals surface area (Å²) in [5.41, 5.74) is -0.773. The van der Waals surface area contributed by atoms with Crippen molar-refractivity contribution in [2.45, 2.75) is 32.5 Å². The monoisotopic (exact) mass is 281 g/mol. The minimum atomic E-state index is -0.971. The van der Waals surface area contributed by atoms with Crippen LogP contribution in [0, 0.1) is 10.1 Å². The number of esters is 1. The molecule has 0 aliphatic rings. The predicted octanol–water partition coefficient (Wildman–Crippen LogP) is 1.98. The van der Waals surface area contributed by atoms with Gasteiger partial charge in [-0.2, -0.15) is 0 Å². The van der Waals surface area contributed by atoms with Crippen molar-refractivity contribution in [3.8, 4) is 0 Å². The Bertz CT molecular complexity index is 511. The van der Waals surface area contributed by atoms with Crippen molar-refractivity contribution in [2.75, 3.05) is 0 Å². The molecule has 108 valence electrons. The zero-order valence-corrected chi connectivity index (χ0v) is 11.2. The van der Waals surface area contributed by atoms with E-state index in [1.54, 1.807) is 19.9 Å². The molecule has 1 rings (SSSR count). The molecule has 0 aromatic heterocycles. The lowest BCUT2D eigenvalue weighted by Gasteiger charge is -2.21. The molecule has 0 atom stereocenters. The van der Waals surface area contributed by atoms with E-state index in [0.29, 0.717) is 5.56 Å². The number of hydrogen-bond donors (Lipinski definition) is 0. The molecular formula is C13H15NO6. The topological polar surface area (TPSA) is 95.7 Å². The maximum atomic E-state index is 11.6. The summed E-state index contributed by atoms with van der Waals surface area (Å²) >= 11 is 0. The highest BCUT2D eigenvalue weighted by molar-refractivity contribution is 5.71. The van der Waals surface area contributed by atoms with Crippen LogP contribution in [0.25, 0.3) is 0 Å². The van der Waals surface area contributed by atoms with Gasteiger partial charge in [0.1, 0.15) is 12.2 Å². The first kappa shape index (κ1) is 15.6. The summed E-state index contributed by atoms with van der Waals surface area (Å²) in [4.78, 5) is 32.1. The number of benzene rings is 1. The number of hydrogen-bond acceptors (Lipinski definition) is 6. The largest absolute Gasteiger partial charge is 0.461 e. The molecule has 0 fully saturated rings. The van der Waals surface area contributed by atoms with Crippen LogP contribution in [0.3, 0.4) is 0 Å². The normalized spacial score (nSPS) is 10.7. The summed E-state index contributed by atoms with van der Waals surface area (Å²) in [6.07, 6.45) is -0.133. The number of nitrogens with zero attached hydrogens (tertiary/aromatic N) is 1. The molecular weight excluding hydrogens is 266 g/mol. The number of nitro benzene ring substituents is 1. The third-order valence-corrected chi connectivity index (χ3v) is 2.51. The lowest BCUT2D eigenvalue weighted by Crippen LogP contribution is -2.28. The van der Waals surface area contributed by atoms with E-state index < -0.39 is 16.5 Å². The van der Waals surface area contributed by atoms with E-state index in [2.05, 4.69) is 0 Å². The summed E-state index contributed by atoms with van der Waals surface area (Å²) in [6, 6.07) is 6.00. The van der Waals surface area contributed by atoms with Gasteiger partial charge in [-0.05, 0) is 19.9 Å². The molecule has 0 N–H and O–H groups in total. The molecule has 0 saturated carbocycles. The van der Waals surface area contributed by atoms with Gasteiger partial charge < -0.3 is 9.47 Å². The number of rotatable bonds is 7. The highest BCUT2D eigenvalue weighted by Gasteiger charge is 2.24. The van der Waals surface area contributed by atoms with E-state index in [4.69, 9.17) is 9.47 Å². The molecule has 7 heteroatoms. The van der Waals surface area contributed by atoms with Crippen LogP contribution in [0.15, 0.2) is 24.3 Å². The highest BCUT2D eigenvalue weighted by atomic mass is 16.6. The fourth-order valence-electron chi connectivity index (χ4n) is 1.54. The molecule has 7 nitrogen and oxygen atoms in total. The molecule has 1 aromatic rings. The van der Waals surface area contributed by atoms with E-state index in [1.165, 1.54) is 18.2 Å². The van der Waals surface area contributed by atoms with E-state index in [9.17, 15) is 19.7 Å². The van der Waals surface area contributed by atoms with Crippen molar-refractivity contribution < 1.29 is 24.0 Å². The zero-order valence-electron chi connectivity index (χ0n) is 11.2. The van der Waals surface area contributed by atoms with Crippen molar-refractivity contribution in [3.63, 3.8) is 0 Å². The minimum Gasteiger partial charge on any atom is -0.461 e. The smallest absolute Gasteiger partial charge is 0.310 e. The third kappa shape index (κ3) is 4.68. The van der Waals surface area contributed by atoms with Crippen molar-refractivity contribution in [1.29, 1.82) is 0 Å². The van der Waals surface area contributed by atoms with Crippen LogP contribution in [0.1, 0.15) is 25.8 Å². The lowest BCUT2D eigenvalue weighted by molar-refractivity contribution is -0.385. The second-order valence-electron chi connectivity index (χ2n) is 4.70. The highest BCUT2D eigenvalue weighted by Crippen LogP contribution is 2.20. The van der Waals surface area contributed by atoms with Crippen molar-refractivity contribution in [1.82, 2.24) is 0 Å². The molecule has 20 heavy (non-hydrogen) atoms. The van der Waals surface area contributed by atoms with Crippen LogP contribution in [-0.4, -0.2) is 23.0 Å². The van der Waals surface area contributed by atoms with Crippen LogP contribution in [0.2, 0.25) is 0 Å². The molecule has 0 spiro atoms. The first-order valence-electron chi connectivity index (χ1n) is 5.85. The predicted molar refractivity (Wildman–Crippen MR) is 68.7 cm³/mol. The summed E-state index contributed by atoms with van der Waals surface area (Å²) < 4.78 is 9.69. The molecule has 0 amide bonds. The second-order valence-corrected chi connectivity index (χ2v) is 4.70. The second kappa shape index (κ2) is 6.65. The van der Waals surface area contributed by atoms with Crippen molar-refractivity contribution in [2.24, 2.45) is 0 Å². The quantitative estimate of drug-likeness (QED) is 0.328. The van der Waals surface area contributed by atoms with Gasteiger partial charge in [-0.15, -0.1) is 0 Å². The van der Waals surface area contributed by atoms with E-state index in [-0.39, 0.29) is 25.2 Å². The van der Waals surface area contributed by atoms with Gasteiger partial charge in [-0.25, -0.2) is 0 Å². The Kier molecular flexibility index (Phi) is 5.19. The van der Waals surface area contributed by atoms with E-state index >= 15 is 0 Å². The number of carbonyl (C=O) groups excluding carboxylic acids is 2. The fraction of sp³-hybridized carbons (Fsp3) is 0.385. The van der Waals surface area contributed by atoms with Crippen molar-refractivity contribution >= 4 is 18.1 Å². The number of para-hydroxylation sites is 1. The molecule has 0 heterocycles. The van der Waals surface area contributed by atoms with Gasteiger partial charge in [-0.3, -0.25) is 19.7 Å². The van der Waals surface area contributed by atoms with Crippen LogP contribution in [-0.2, 0) is 25.7 Å². The molecule has 0 aliphatic heterocycles. The average Bonchev–Trinajstić information content (AvgIpc) is 2.35. The van der Waals surface area contributed by atoms with Gasteiger partial charge in [0.05, 0.1) is 16.9 Å². The summed E-state index contributed by atoms with van der Waals surface area (Å²) in [5.74, 6) is -0.602. The van der Waals surface area contributed by atoms with Crippen LogP contribution in [0.5, 0.6) is 0 Å². The number of ether oxygens (including phenoxy) is 2. The Morgan fingerprint density at radius 1 is 1.40 bits per heavy atom. The van der Waals surface area contributed by atoms with Gasteiger partial charge in [-0.1, -0.05) is 12.1 Å².